The Morgan fingerprint density at radius 1 is 1.05 bits per heavy atom. The van der Waals surface area contributed by atoms with Crippen LogP contribution in [-0.4, -0.2) is 32.9 Å². The highest BCUT2D eigenvalue weighted by Crippen LogP contribution is 2.29. The highest BCUT2D eigenvalue weighted by molar-refractivity contribution is 7.92. The van der Waals surface area contributed by atoms with Crippen LogP contribution in [0, 0.1) is 23.0 Å². The van der Waals surface area contributed by atoms with Gasteiger partial charge in [0.05, 0.1) is 28.7 Å². The van der Waals surface area contributed by atoms with Gasteiger partial charge < -0.3 is 10.1 Å². The number of hydrogen-bond acceptors (Lipinski definition) is 6. The fraction of sp³-hybridized carbons (Fsp3) is 0.296. The Balaban J connectivity index is 1.99. The number of nitro groups is 1. The van der Waals surface area contributed by atoms with Crippen molar-refractivity contribution in [2.75, 3.05) is 18.0 Å². The third kappa shape index (κ3) is 6.85. The first-order valence-electron chi connectivity index (χ1n) is 11.8. The van der Waals surface area contributed by atoms with Crippen molar-refractivity contribution in [2.45, 2.75) is 38.1 Å². The average molecular weight is 526 g/mol. The lowest BCUT2D eigenvalue weighted by Crippen LogP contribution is -2.42. The van der Waals surface area contributed by atoms with Gasteiger partial charge >= 0.3 is 0 Å². The van der Waals surface area contributed by atoms with Gasteiger partial charge in [-0.05, 0) is 55.2 Å². The molecule has 1 atom stereocenters. The standard InChI is InChI=1S/C27H31N3O6S/c1-19(2)16-25(21-8-6-5-7-9-21)28-27(31)18-29(22-11-13-23(36-4)14-12-22)37(34,35)24-15-10-20(3)26(17-24)30(32)33/h5-15,17,19,25H,16,18H2,1-4H3,(H,28,31)/t25-/m0/s1. The van der Waals surface area contributed by atoms with E-state index in [4.69, 9.17) is 4.74 Å². The fourth-order valence-corrected chi connectivity index (χ4v) is 5.38. The molecule has 0 aliphatic heterocycles. The van der Waals surface area contributed by atoms with Crippen molar-refractivity contribution >= 4 is 27.3 Å². The molecule has 37 heavy (non-hydrogen) atoms. The van der Waals surface area contributed by atoms with Crippen LogP contribution < -0.4 is 14.4 Å². The molecular formula is C27H31N3O6S. The molecule has 3 rings (SSSR count). The molecule has 0 aliphatic rings. The van der Waals surface area contributed by atoms with Gasteiger partial charge in [-0.1, -0.05) is 50.2 Å². The van der Waals surface area contributed by atoms with E-state index >= 15 is 0 Å². The molecule has 1 N–H and O–H groups in total. The van der Waals surface area contributed by atoms with E-state index in [1.807, 2.05) is 44.2 Å². The molecule has 10 heteroatoms. The average Bonchev–Trinajstić information content (AvgIpc) is 2.87. The van der Waals surface area contributed by atoms with Crippen LogP contribution in [0.25, 0.3) is 0 Å². The van der Waals surface area contributed by atoms with E-state index < -0.39 is 27.4 Å². The minimum Gasteiger partial charge on any atom is -0.497 e. The van der Waals surface area contributed by atoms with Crippen molar-refractivity contribution in [1.29, 1.82) is 0 Å². The van der Waals surface area contributed by atoms with Gasteiger partial charge in [0.25, 0.3) is 15.7 Å². The maximum atomic E-state index is 13.7. The molecule has 0 heterocycles. The first-order valence-corrected chi connectivity index (χ1v) is 13.2. The Labute approximate surface area is 217 Å². The number of amides is 1. The molecule has 3 aromatic carbocycles. The lowest BCUT2D eigenvalue weighted by molar-refractivity contribution is -0.385. The summed E-state index contributed by atoms with van der Waals surface area (Å²) in [5.41, 5.74) is 1.15. The minimum absolute atomic E-state index is 0.222. The first kappa shape index (κ1) is 27.7. The summed E-state index contributed by atoms with van der Waals surface area (Å²) in [5, 5.41) is 14.4. The topological polar surface area (TPSA) is 119 Å². The normalized spacial score (nSPS) is 12.1. The number of nitrogens with zero attached hydrogens (tertiary/aromatic N) is 2. The molecule has 0 aliphatic carbocycles. The molecule has 1 amide bonds. The lowest BCUT2D eigenvalue weighted by Gasteiger charge is -2.26. The minimum atomic E-state index is -4.34. The zero-order valence-electron chi connectivity index (χ0n) is 21.2. The largest absolute Gasteiger partial charge is 0.497 e. The summed E-state index contributed by atoms with van der Waals surface area (Å²) >= 11 is 0. The molecule has 9 nitrogen and oxygen atoms in total. The maximum absolute atomic E-state index is 13.7. The van der Waals surface area contributed by atoms with Crippen LogP contribution in [0.3, 0.4) is 0 Å². The second kappa shape index (κ2) is 11.9. The number of ether oxygens (including phenoxy) is 1. The van der Waals surface area contributed by atoms with Gasteiger partial charge in [-0.3, -0.25) is 19.2 Å². The fourth-order valence-electron chi connectivity index (χ4n) is 3.94. The second-order valence-electron chi connectivity index (χ2n) is 9.08. The monoisotopic (exact) mass is 525 g/mol. The van der Waals surface area contributed by atoms with Crippen LogP contribution in [0.15, 0.2) is 77.7 Å². The molecule has 0 fully saturated rings. The van der Waals surface area contributed by atoms with Gasteiger partial charge in [0.1, 0.15) is 12.3 Å². The number of carbonyl (C=O) groups excluding carboxylic acids is 1. The van der Waals surface area contributed by atoms with Crippen molar-refractivity contribution in [3.8, 4) is 5.75 Å². The quantitative estimate of drug-likeness (QED) is 0.278. The highest BCUT2D eigenvalue weighted by atomic mass is 32.2. The Kier molecular flexibility index (Phi) is 8.88. The second-order valence-corrected chi connectivity index (χ2v) is 10.9. The van der Waals surface area contributed by atoms with Crippen LogP contribution in [0.1, 0.15) is 37.4 Å². The number of carbonyl (C=O) groups is 1. The zero-order chi connectivity index (χ0) is 27.2. The lowest BCUT2D eigenvalue weighted by atomic mass is 9.97. The zero-order valence-corrected chi connectivity index (χ0v) is 22.1. The third-order valence-electron chi connectivity index (χ3n) is 5.86. The van der Waals surface area contributed by atoms with E-state index in [0.717, 1.165) is 15.9 Å². The van der Waals surface area contributed by atoms with Crippen LogP contribution in [0.5, 0.6) is 5.75 Å². The third-order valence-corrected chi connectivity index (χ3v) is 7.63. The number of methoxy groups -OCH3 is 1. The van der Waals surface area contributed by atoms with Gasteiger partial charge in [-0.15, -0.1) is 0 Å². The number of benzene rings is 3. The number of hydrogen-bond donors (Lipinski definition) is 1. The van der Waals surface area contributed by atoms with E-state index in [2.05, 4.69) is 5.32 Å². The number of sulfonamides is 1. The Morgan fingerprint density at radius 2 is 1.70 bits per heavy atom. The molecule has 0 bridgehead atoms. The molecule has 0 spiro atoms. The van der Waals surface area contributed by atoms with E-state index in [0.29, 0.717) is 17.7 Å². The molecule has 0 aromatic heterocycles. The number of anilines is 1. The number of aryl methyl sites for hydroxylation is 1. The molecular weight excluding hydrogens is 494 g/mol. The number of rotatable bonds is 11. The smallest absolute Gasteiger partial charge is 0.273 e. The SMILES string of the molecule is COc1ccc(N(CC(=O)N[C@@H](CC(C)C)c2ccccc2)S(=O)(=O)c2ccc(C)c([N+](=O)[O-])c2)cc1. The van der Waals surface area contributed by atoms with Crippen molar-refractivity contribution in [3.05, 3.63) is 94.0 Å². The number of nitrogens with one attached hydrogen (secondary N) is 1. The Hall–Kier alpha value is -3.92. The Morgan fingerprint density at radius 3 is 2.27 bits per heavy atom. The number of nitro benzene ring substituents is 1. The van der Waals surface area contributed by atoms with Gasteiger partial charge in [0.15, 0.2) is 0 Å². The van der Waals surface area contributed by atoms with Crippen molar-refractivity contribution in [2.24, 2.45) is 5.92 Å². The molecule has 3 aromatic rings. The van der Waals surface area contributed by atoms with Crippen LogP contribution in [0.2, 0.25) is 0 Å². The molecule has 0 unspecified atom stereocenters. The first-order chi connectivity index (χ1) is 17.5. The predicted octanol–water partition coefficient (Wildman–Crippen LogP) is 5.01. The summed E-state index contributed by atoms with van der Waals surface area (Å²) in [6.07, 6.45) is 0.662. The van der Waals surface area contributed by atoms with E-state index in [9.17, 15) is 23.3 Å². The van der Waals surface area contributed by atoms with Gasteiger partial charge in [0, 0.05) is 11.6 Å². The van der Waals surface area contributed by atoms with E-state index in [-0.39, 0.29) is 28.2 Å². The van der Waals surface area contributed by atoms with Crippen molar-refractivity contribution in [3.63, 3.8) is 0 Å². The summed E-state index contributed by atoms with van der Waals surface area (Å²) in [7, 11) is -2.85. The van der Waals surface area contributed by atoms with E-state index in [1.54, 1.807) is 12.1 Å². The summed E-state index contributed by atoms with van der Waals surface area (Å²) < 4.78 is 33.6. The van der Waals surface area contributed by atoms with Crippen LogP contribution in [-0.2, 0) is 14.8 Å². The molecule has 0 radical (unpaired) electrons. The van der Waals surface area contributed by atoms with Crippen LogP contribution in [0.4, 0.5) is 11.4 Å². The van der Waals surface area contributed by atoms with Crippen molar-refractivity contribution in [1.82, 2.24) is 5.32 Å². The van der Waals surface area contributed by atoms with Gasteiger partial charge in [-0.25, -0.2) is 8.42 Å². The summed E-state index contributed by atoms with van der Waals surface area (Å²) in [6.45, 7) is 5.10. The Bertz CT molecular complexity index is 1340. The van der Waals surface area contributed by atoms with Crippen LogP contribution >= 0.6 is 0 Å². The predicted molar refractivity (Wildman–Crippen MR) is 142 cm³/mol. The summed E-state index contributed by atoms with van der Waals surface area (Å²) in [6, 6.07) is 19.1. The maximum Gasteiger partial charge on any atom is 0.273 e. The summed E-state index contributed by atoms with van der Waals surface area (Å²) in [4.78, 5) is 23.8. The molecule has 0 saturated heterocycles. The molecule has 196 valence electrons. The van der Waals surface area contributed by atoms with Gasteiger partial charge in [-0.2, -0.15) is 0 Å². The van der Waals surface area contributed by atoms with E-state index in [1.165, 1.54) is 38.3 Å². The van der Waals surface area contributed by atoms with Crippen molar-refractivity contribution < 1.29 is 22.9 Å². The molecule has 0 saturated carbocycles. The highest BCUT2D eigenvalue weighted by Gasteiger charge is 2.30. The summed E-state index contributed by atoms with van der Waals surface area (Å²) in [5.74, 6) is 0.285. The van der Waals surface area contributed by atoms with Gasteiger partial charge in [0.2, 0.25) is 5.91 Å².